The van der Waals surface area contributed by atoms with E-state index in [0.717, 1.165) is 5.56 Å². The number of amides is 2. The number of nitrogens with one attached hydrogen (secondary N) is 1. The Bertz CT molecular complexity index is 1430. The first-order valence-corrected chi connectivity index (χ1v) is 15.6. The van der Waals surface area contributed by atoms with Crippen molar-refractivity contribution in [3.05, 3.63) is 100 Å². The Morgan fingerprint density at radius 3 is 2.12 bits per heavy atom. The number of carbonyl (C=O) groups is 2. The van der Waals surface area contributed by atoms with Gasteiger partial charge in [-0.3, -0.25) is 9.59 Å². The van der Waals surface area contributed by atoms with Crippen LogP contribution in [-0.4, -0.2) is 54.6 Å². The lowest BCUT2D eigenvalue weighted by atomic mass is 10.00. The molecule has 0 heterocycles. The normalized spacial score (nSPS) is 12.7. The number of rotatable bonds is 12. The summed E-state index contributed by atoms with van der Waals surface area (Å²) in [5.74, 6) is -0.574. The van der Waals surface area contributed by atoms with Gasteiger partial charge in [0.25, 0.3) is 0 Å². The Hall–Kier alpha value is -2.91. The van der Waals surface area contributed by atoms with Crippen molar-refractivity contribution in [2.45, 2.75) is 63.1 Å². The van der Waals surface area contributed by atoms with Crippen LogP contribution >= 0.6 is 23.2 Å². The van der Waals surface area contributed by atoms with Crippen molar-refractivity contribution < 1.29 is 18.0 Å². The molecule has 41 heavy (non-hydrogen) atoms. The Morgan fingerprint density at radius 2 is 1.54 bits per heavy atom. The molecule has 0 bridgehead atoms. The lowest BCUT2D eigenvalue weighted by Crippen LogP contribution is -2.54. The average Bonchev–Trinajstić information content (AvgIpc) is 2.91. The number of carbonyl (C=O) groups excluding carboxylic acids is 2. The number of halogens is 2. The first-order chi connectivity index (χ1) is 19.3. The van der Waals surface area contributed by atoms with Crippen LogP contribution in [0.25, 0.3) is 0 Å². The van der Waals surface area contributed by atoms with Crippen molar-refractivity contribution in [1.82, 2.24) is 14.5 Å². The fourth-order valence-corrected chi connectivity index (χ4v) is 6.03. The molecule has 10 heteroatoms. The third-order valence-electron chi connectivity index (χ3n) is 6.44. The quantitative estimate of drug-likeness (QED) is 0.272. The van der Waals surface area contributed by atoms with E-state index in [-0.39, 0.29) is 42.6 Å². The van der Waals surface area contributed by atoms with E-state index in [2.05, 4.69) is 5.32 Å². The number of sulfonamides is 1. The van der Waals surface area contributed by atoms with Gasteiger partial charge in [0.15, 0.2) is 0 Å². The fourth-order valence-electron chi connectivity index (χ4n) is 4.33. The molecule has 0 aromatic heterocycles. The van der Waals surface area contributed by atoms with Crippen molar-refractivity contribution in [1.29, 1.82) is 0 Å². The standard InChI is InChI=1S/C31H37Cl2N3O4S/c1-31(2,3)34-30(38)28(20-23-12-7-5-8-13-23)36(22-24-17-18-25(32)21-27(24)33)29(37)16-11-19-35(4)41(39,40)26-14-9-6-10-15-26/h5-10,12-15,17-18,21,28H,11,16,19-20,22H2,1-4H3,(H,34,38)/t28-/m0/s1. The number of nitrogens with zero attached hydrogens (tertiary/aromatic N) is 2. The first kappa shape index (κ1) is 32.6. The lowest BCUT2D eigenvalue weighted by molar-refractivity contribution is -0.142. The second-order valence-electron chi connectivity index (χ2n) is 10.9. The molecular formula is C31H37Cl2N3O4S. The SMILES string of the molecule is CN(CCCC(=O)N(Cc1ccc(Cl)cc1Cl)[C@@H](Cc1ccccc1)C(=O)NC(C)(C)C)S(=O)(=O)c1ccccc1. The molecule has 0 aliphatic carbocycles. The summed E-state index contributed by atoms with van der Waals surface area (Å²) in [5.41, 5.74) is 1.03. The Labute approximate surface area is 253 Å². The van der Waals surface area contributed by atoms with Gasteiger partial charge in [0.05, 0.1) is 4.90 Å². The van der Waals surface area contributed by atoms with E-state index in [1.807, 2.05) is 51.1 Å². The molecule has 0 spiro atoms. The van der Waals surface area contributed by atoms with Crippen LogP contribution in [0.4, 0.5) is 0 Å². The average molecular weight is 619 g/mol. The van der Waals surface area contributed by atoms with Crippen molar-refractivity contribution in [3.63, 3.8) is 0 Å². The number of hydrogen-bond acceptors (Lipinski definition) is 4. The predicted molar refractivity (Wildman–Crippen MR) is 164 cm³/mol. The van der Waals surface area contributed by atoms with E-state index in [0.29, 0.717) is 22.0 Å². The van der Waals surface area contributed by atoms with E-state index in [4.69, 9.17) is 23.2 Å². The summed E-state index contributed by atoms with van der Waals surface area (Å²) in [4.78, 5) is 29.2. The minimum Gasteiger partial charge on any atom is -0.350 e. The molecule has 0 saturated heterocycles. The van der Waals surface area contributed by atoms with E-state index >= 15 is 0 Å². The van der Waals surface area contributed by atoms with Gasteiger partial charge in [-0.2, -0.15) is 0 Å². The predicted octanol–water partition coefficient (Wildman–Crippen LogP) is 5.95. The molecule has 0 radical (unpaired) electrons. The molecule has 0 fully saturated rings. The van der Waals surface area contributed by atoms with Crippen molar-refractivity contribution in [3.8, 4) is 0 Å². The maximum Gasteiger partial charge on any atom is 0.243 e. The van der Waals surface area contributed by atoms with Gasteiger partial charge >= 0.3 is 0 Å². The molecule has 1 N–H and O–H groups in total. The van der Waals surface area contributed by atoms with Crippen LogP contribution in [0.5, 0.6) is 0 Å². The van der Waals surface area contributed by atoms with Crippen molar-refractivity contribution >= 4 is 45.0 Å². The molecular weight excluding hydrogens is 581 g/mol. The monoisotopic (exact) mass is 617 g/mol. The maximum absolute atomic E-state index is 13.8. The van der Waals surface area contributed by atoms with Gasteiger partial charge in [-0.15, -0.1) is 0 Å². The van der Waals surface area contributed by atoms with Gasteiger partial charge < -0.3 is 10.2 Å². The van der Waals surface area contributed by atoms with Crippen LogP contribution < -0.4 is 5.32 Å². The molecule has 0 aliphatic heterocycles. The van der Waals surface area contributed by atoms with Gasteiger partial charge in [0.2, 0.25) is 21.8 Å². The summed E-state index contributed by atoms with van der Waals surface area (Å²) >= 11 is 12.6. The first-order valence-electron chi connectivity index (χ1n) is 13.4. The summed E-state index contributed by atoms with van der Waals surface area (Å²) < 4.78 is 27.1. The number of hydrogen-bond donors (Lipinski definition) is 1. The fraction of sp³-hybridized carbons (Fsp3) is 0.355. The lowest BCUT2D eigenvalue weighted by Gasteiger charge is -2.34. The molecule has 3 rings (SSSR count). The molecule has 3 aromatic carbocycles. The van der Waals surface area contributed by atoms with Crippen LogP contribution in [0.3, 0.4) is 0 Å². The molecule has 3 aromatic rings. The van der Waals surface area contributed by atoms with Crippen LogP contribution in [-0.2, 0) is 32.6 Å². The van der Waals surface area contributed by atoms with Crippen LogP contribution in [0.2, 0.25) is 10.0 Å². The zero-order chi connectivity index (χ0) is 30.2. The van der Waals surface area contributed by atoms with Crippen molar-refractivity contribution in [2.75, 3.05) is 13.6 Å². The summed E-state index contributed by atoms with van der Waals surface area (Å²) in [7, 11) is -2.20. The highest BCUT2D eigenvalue weighted by molar-refractivity contribution is 7.89. The molecule has 7 nitrogen and oxygen atoms in total. The molecule has 220 valence electrons. The Kier molecular flexibility index (Phi) is 11.4. The van der Waals surface area contributed by atoms with Crippen molar-refractivity contribution in [2.24, 2.45) is 0 Å². The maximum atomic E-state index is 13.8. The minimum atomic E-state index is -3.69. The van der Waals surface area contributed by atoms with Gasteiger partial charge in [0.1, 0.15) is 6.04 Å². The summed E-state index contributed by atoms with van der Waals surface area (Å²) in [6.45, 7) is 5.87. The number of benzene rings is 3. The van der Waals surface area contributed by atoms with Crippen LogP contribution in [0.1, 0.15) is 44.7 Å². The summed E-state index contributed by atoms with van der Waals surface area (Å²) in [6, 6.07) is 21.9. The molecule has 0 aliphatic rings. The van der Waals surface area contributed by atoms with Crippen LogP contribution in [0, 0.1) is 0 Å². The molecule has 2 amide bonds. The molecule has 0 saturated carbocycles. The second-order valence-corrected chi connectivity index (χ2v) is 13.8. The highest BCUT2D eigenvalue weighted by atomic mass is 35.5. The molecule has 0 unspecified atom stereocenters. The van der Waals surface area contributed by atoms with E-state index in [1.165, 1.54) is 28.4 Å². The zero-order valence-corrected chi connectivity index (χ0v) is 26.1. The van der Waals surface area contributed by atoms with Gasteiger partial charge in [-0.05, 0) is 62.6 Å². The minimum absolute atomic E-state index is 0.0357. The third kappa shape index (κ3) is 9.57. The van der Waals surface area contributed by atoms with Gasteiger partial charge in [0, 0.05) is 48.6 Å². The Morgan fingerprint density at radius 1 is 0.927 bits per heavy atom. The topological polar surface area (TPSA) is 86.8 Å². The highest BCUT2D eigenvalue weighted by Crippen LogP contribution is 2.25. The van der Waals surface area contributed by atoms with Gasteiger partial charge in [-0.25, -0.2) is 12.7 Å². The largest absolute Gasteiger partial charge is 0.350 e. The van der Waals surface area contributed by atoms with E-state index in [9.17, 15) is 18.0 Å². The summed E-state index contributed by atoms with van der Waals surface area (Å²) in [5, 5.41) is 3.87. The van der Waals surface area contributed by atoms with E-state index < -0.39 is 21.6 Å². The van der Waals surface area contributed by atoms with E-state index in [1.54, 1.807) is 36.4 Å². The van der Waals surface area contributed by atoms with Gasteiger partial charge in [-0.1, -0.05) is 77.8 Å². The zero-order valence-electron chi connectivity index (χ0n) is 23.8. The second kappa shape index (κ2) is 14.3. The smallest absolute Gasteiger partial charge is 0.243 e. The third-order valence-corrected chi connectivity index (χ3v) is 8.90. The Balaban J connectivity index is 1.88. The summed E-state index contributed by atoms with van der Waals surface area (Å²) in [6.07, 6.45) is 0.598. The highest BCUT2D eigenvalue weighted by Gasteiger charge is 2.32. The molecule has 1 atom stereocenters. The van der Waals surface area contributed by atoms with Crippen LogP contribution in [0.15, 0.2) is 83.8 Å².